The Labute approximate surface area is 112 Å². The van der Waals surface area contributed by atoms with Gasteiger partial charge < -0.3 is 14.8 Å². The maximum absolute atomic E-state index is 5.68. The largest absolute Gasteiger partial charge is 0.381 e. The number of nitrogens with zero attached hydrogens (tertiary/aromatic N) is 2. The maximum Gasteiger partial charge on any atom is 0.203 e. The predicted octanol–water partition coefficient (Wildman–Crippen LogP) is 2.40. The molecule has 0 radical (unpaired) electrons. The molecular weight excluding hydrogens is 250 g/mol. The number of ether oxygens (including phenoxy) is 2. The van der Waals surface area contributed by atoms with Crippen LogP contribution in [-0.2, 0) is 15.1 Å². The fraction of sp³-hybridized carbons (Fsp3) is 0.833. The van der Waals surface area contributed by atoms with Gasteiger partial charge in [-0.05, 0) is 20.8 Å². The zero-order valence-electron chi connectivity index (χ0n) is 11.4. The summed E-state index contributed by atoms with van der Waals surface area (Å²) in [6.07, 6.45) is 1.63. The summed E-state index contributed by atoms with van der Waals surface area (Å²) in [4.78, 5) is 4.58. The Morgan fingerprint density at radius 3 is 2.56 bits per heavy atom. The SMILES string of the molecule is COC1(c2nsc(NC(C)(C)C)n2)CCOCC1. The molecule has 2 heterocycles. The Hall–Kier alpha value is -0.720. The second kappa shape index (κ2) is 5.11. The van der Waals surface area contributed by atoms with Crippen molar-refractivity contribution >= 4 is 16.7 Å². The van der Waals surface area contributed by atoms with Gasteiger partial charge >= 0.3 is 0 Å². The van der Waals surface area contributed by atoms with Crippen molar-refractivity contribution in [3.8, 4) is 0 Å². The van der Waals surface area contributed by atoms with E-state index < -0.39 is 0 Å². The van der Waals surface area contributed by atoms with E-state index in [4.69, 9.17) is 9.47 Å². The molecule has 0 unspecified atom stereocenters. The molecule has 1 saturated heterocycles. The monoisotopic (exact) mass is 271 g/mol. The van der Waals surface area contributed by atoms with Crippen LogP contribution >= 0.6 is 11.5 Å². The Kier molecular flexibility index (Phi) is 3.89. The Bertz CT molecular complexity index is 394. The number of aromatic nitrogens is 2. The van der Waals surface area contributed by atoms with Crippen molar-refractivity contribution in [3.63, 3.8) is 0 Å². The zero-order chi connectivity index (χ0) is 13.2. The molecule has 0 aromatic carbocycles. The molecule has 0 spiro atoms. The molecule has 0 bridgehead atoms. The van der Waals surface area contributed by atoms with Crippen LogP contribution in [0.3, 0.4) is 0 Å². The lowest BCUT2D eigenvalue weighted by atomic mass is 9.93. The lowest BCUT2D eigenvalue weighted by molar-refractivity contribution is -0.0993. The second-order valence-corrected chi connectivity index (χ2v) is 6.36. The highest BCUT2D eigenvalue weighted by Gasteiger charge is 2.38. The van der Waals surface area contributed by atoms with Gasteiger partial charge in [0.2, 0.25) is 5.13 Å². The molecule has 6 heteroatoms. The molecule has 0 aliphatic carbocycles. The summed E-state index contributed by atoms with van der Waals surface area (Å²) in [5.41, 5.74) is -0.376. The molecule has 0 amide bonds. The van der Waals surface area contributed by atoms with E-state index in [1.165, 1.54) is 11.5 Å². The molecule has 1 N–H and O–H groups in total. The van der Waals surface area contributed by atoms with Crippen LogP contribution in [0.5, 0.6) is 0 Å². The molecule has 0 atom stereocenters. The number of nitrogens with one attached hydrogen (secondary N) is 1. The van der Waals surface area contributed by atoms with Crippen molar-refractivity contribution in [2.45, 2.75) is 44.8 Å². The van der Waals surface area contributed by atoms with E-state index in [2.05, 4.69) is 35.4 Å². The van der Waals surface area contributed by atoms with Crippen LogP contribution in [0.25, 0.3) is 0 Å². The van der Waals surface area contributed by atoms with E-state index in [0.29, 0.717) is 13.2 Å². The summed E-state index contributed by atoms with van der Waals surface area (Å²) >= 11 is 1.39. The van der Waals surface area contributed by atoms with Gasteiger partial charge in [-0.15, -0.1) is 0 Å². The van der Waals surface area contributed by atoms with Crippen molar-refractivity contribution in [1.82, 2.24) is 9.36 Å². The highest BCUT2D eigenvalue weighted by atomic mass is 32.1. The van der Waals surface area contributed by atoms with Gasteiger partial charge in [0.15, 0.2) is 5.82 Å². The smallest absolute Gasteiger partial charge is 0.203 e. The summed E-state index contributed by atoms with van der Waals surface area (Å²) in [6.45, 7) is 7.72. The highest BCUT2D eigenvalue weighted by molar-refractivity contribution is 7.09. The first-order valence-corrected chi connectivity index (χ1v) is 6.98. The first-order valence-electron chi connectivity index (χ1n) is 6.20. The minimum atomic E-state index is -0.368. The van der Waals surface area contributed by atoms with Crippen molar-refractivity contribution in [3.05, 3.63) is 5.82 Å². The molecule has 1 aliphatic rings. The number of rotatable bonds is 3. The highest BCUT2D eigenvalue weighted by Crippen LogP contribution is 2.35. The summed E-state index contributed by atoms with van der Waals surface area (Å²) < 4.78 is 15.5. The first-order chi connectivity index (χ1) is 8.45. The molecule has 1 aromatic rings. The zero-order valence-corrected chi connectivity index (χ0v) is 12.3. The quantitative estimate of drug-likeness (QED) is 0.915. The molecule has 1 aromatic heterocycles. The molecule has 102 valence electrons. The van der Waals surface area contributed by atoms with Gasteiger partial charge in [0.1, 0.15) is 5.60 Å². The minimum absolute atomic E-state index is 0.00723. The van der Waals surface area contributed by atoms with Crippen molar-refractivity contribution in [1.29, 1.82) is 0 Å². The number of anilines is 1. The van der Waals surface area contributed by atoms with Crippen molar-refractivity contribution < 1.29 is 9.47 Å². The lowest BCUT2D eigenvalue weighted by Crippen LogP contribution is -2.36. The summed E-state index contributed by atoms with van der Waals surface area (Å²) in [5, 5.41) is 4.19. The molecule has 1 aliphatic heterocycles. The molecule has 2 rings (SSSR count). The Balaban J connectivity index is 2.17. The molecule has 18 heavy (non-hydrogen) atoms. The number of hydrogen-bond acceptors (Lipinski definition) is 6. The predicted molar refractivity (Wildman–Crippen MR) is 72.0 cm³/mol. The third kappa shape index (κ3) is 2.99. The van der Waals surface area contributed by atoms with E-state index in [1.54, 1.807) is 7.11 Å². The minimum Gasteiger partial charge on any atom is -0.381 e. The number of hydrogen-bond donors (Lipinski definition) is 1. The lowest BCUT2D eigenvalue weighted by Gasteiger charge is -2.33. The third-order valence-electron chi connectivity index (χ3n) is 3.01. The van der Waals surface area contributed by atoms with Gasteiger partial charge in [0.25, 0.3) is 0 Å². The Morgan fingerprint density at radius 1 is 1.33 bits per heavy atom. The van der Waals surface area contributed by atoms with Crippen LogP contribution in [0, 0.1) is 0 Å². The van der Waals surface area contributed by atoms with Gasteiger partial charge in [-0.25, -0.2) is 4.98 Å². The van der Waals surface area contributed by atoms with E-state index in [0.717, 1.165) is 23.8 Å². The topological polar surface area (TPSA) is 56.3 Å². The number of methoxy groups -OCH3 is 1. The van der Waals surface area contributed by atoms with E-state index in [1.807, 2.05) is 0 Å². The normalized spacial score (nSPS) is 19.8. The molecule has 0 saturated carbocycles. The average molecular weight is 271 g/mol. The van der Waals surface area contributed by atoms with Crippen LogP contribution in [0.1, 0.15) is 39.4 Å². The molecule has 5 nitrogen and oxygen atoms in total. The fourth-order valence-corrected chi connectivity index (χ4v) is 2.86. The van der Waals surface area contributed by atoms with Crippen LogP contribution < -0.4 is 5.32 Å². The summed E-state index contributed by atoms with van der Waals surface area (Å²) in [7, 11) is 1.73. The average Bonchev–Trinajstić information content (AvgIpc) is 2.76. The molecule has 1 fully saturated rings. The van der Waals surface area contributed by atoms with Gasteiger partial charge in [-0.2, -0.15) is 4.37 Å². The van der Waals surface area contributed by atoms with Gasteiger partial charge in [0, 0.05) is 50.2 Å². The van der Waals surface area contributed by atoms with Gasteiger partial charge in [0.05, 0.1) is 0 Å². The first kappa shape index (κ1) is 13.7. The van der Waals surface area contributed by atoms with Crippen LogP contribution in [-0.4, -0.2) is 35.2 Å². The molecular formula is C12H21N3O2S. The summed E-state index contributed by atoms with van der Waals surface area (Å²) in [5.74, 6) is 0.782. The second-order valence-electron chi connectivity index (χ2n) is 5.61. The van der Waals surface area contributed by atoms with Crippen molar-refractivity contribution in [2.24, 2.45) is 0 Å². The van der Waals surface area contributed by atoms with Crippen LogP contribution in [0.2, 0.25) is 0 Å². The van der Waals surface area contributed by atoms with Crippen LogP contribution in [0.4, 0.5) is 5.13 Å². The standard InChI is InChI=1S/C12H21N3O2S/c1-11(2,3)14-10-13-9(15-18-10)12(16-4)5-7-17-8-6-12/h5-8H2,1-4H3,(H,13,14,15). The maximum atomic E-state index is 5.68. The van der Waals surface area contributed by atoms with Crippen LogP contribution in [0.15, 0.2) is 0 Å². The Morgan fingerprint density at radius 2 is 2.00 bits per heavy atom. The van der Waals surface area contributed by atoms with E-state index in [-0.39, 0.29) is 11.1 Å². The van der Waals surface area contributed by atoms with Crippen molar-refractivity contribution in [2.75, 3.05) is 25.6 Å². The fourth-order valence-electron chi connectivity index (χ4n) is 2.00. The summed E-state index contributed by atoms with van der Waals surface area (Å²) in [6, 6.07) is 0. The van der Waals surface area contributed by atoms with E-state index >= 15 is 0 Å². The van der Waals surface area contributed by atoms with E-state index in [9.17, 15) is 0 Å². The van der Waals surface area contributed by atoms with Gasteiger partial charge in [-0.3, -0.25) is 0 Å². The third-order valence-corrected chi connectivity index (χ3v) is 3.64. The van der Waals surface area contributed by atoms with Gasteiger partial charge in [-0.1, -0.05) is 0 Å².